The fourth-order valence-corrected chi connectivity index (χ4v) is 4.10. The number of anilines is 1. The number of amides is 1. The quantitative estimate of drug-likeness (QED) is 0.851. The zero-order valence-electron chi connectivity index (χ0n) is 14.1. The van der Waals surface area contributed by atoms with Gasteiger partial charge in [0.05, 0.1) is 25.3 Å². The molecule has 0 saturated carbocycles. The summed E-state index contributed by atoms with van der Waals surface area (Å²) in [6, 6.07) is 10.0. The van der Waals surface area contributed by atoms with Crippen molar-refractivity contribution in [3.8, 4) is 0 Å². The van der Waals surface area contributed by atoms with Gasteiger partial charge in [-0.3, -0.25) is 14.4 Å². The fraction of sp³-hybridized carbons (Fsp3) is 0.500. The van der Waals surface area contributed by atoms with E-state index in [-0.39, 0.29) is 18.4 Å². The van der Waals surface area contributed by atoms with Crippen molar-refractivity contribution in [3.63, 3.8) is 0 Å². The molecule has 1 aromatic carbocycles. The molecule has 3 saturated heterocycles. The van der Waals surface area contributed by atoms with E-state index in [1.54, 1.807) is 10.9 Å². The Labute approximate surface area is 146 Å². The van der Waals surface area contributed by atoms with Crippen LogP contribution in [0.15, 0.2) is 36.5 Å². The van der Waals surface area contributed by atoms with Gasteiger partial charge in [-0.05, 0) is 37.4 Å². The van der Waals surface area contributed by atoms with Crippen molar-refractivity contribution >= 4 is 11.6 Å². The summed E-state index contributed by atoms with van der Waals surface area (Å²) in [7, 11) is 0. The number of nitrogens with one attached hydrogen (secondary N) is 1. The molecule has 1 amide bonds. The lowest BCUT2D eigenvalue weighted by Crippen LogP contribution is -2.57. The maximum atomic E-state index is 12.7. The molecule has 0 spiro atoms. The van der Waals surface area contributed by atoms with Crippen LogP contribution in [-0.2, 0) is 17.9 Å². The minimum atomic E-state index is -0.0846. The molecule has 4 heterocycles. The normalized spacial score (nSPS) is 28.0. The Morgan fingerprint density at radius 1 is 1.32 bits per heavy atom. The van der Waals surface area contributed by atoms with Crippen molar-refractivity contribution in [1.29, 1.82) is 0 Å². The van der Waals surface area contributed by atoms with Crippen LogP contribution in [0.25, 0.3) is 0 Å². The van der Waals surface area contributed by atoms with Gasteiger partial charge in [-0.15, -0.1) is 5.10 Å². The van der Waals surface area contributed by atoms with Gasteiger partial charge < -0.3 is 10.4 Å². The number of carbonyl (C=O) groups is 1. The van der Waals surface area contributed by atoms with E-state index in [1.165, 1.54) is 0 Å². The van der Waals surface area contributed by atoms with Crippen LogP contribution in [0.5, 0.6) is 0 Å². The Morgan fingerprint density at radius 3 is 2.84 bits per heavy atom. The highest BCUT2D eigenvalue weighted by Crippen LogP contribution is 2.37. The van der Waals surface area contributed by atoms with Gasteiger partial charge in [0, 0.05) is 18.3 Å². The highest BCUT2D eigenvalue weighted by Gasteiger charge is 2.43. The zero-order chi connectivity index (χ0) is 17.2. The first-order valence-corrected chi connectivity index (χ1v) is 8.83. The Morgan fingerprint density at radius 2 is 2.16 bits per heavy atom. The maximum absolute atomic E-state index is 12.7. The number of nitrogens with zero attached hydrogens (tertiary/aromatic N) is 4. The van der Waals surface area contributed by atoms with Crippen LogP contribution in [0, 0.1) is 11.8 Å². The number of benzene rings is 1. The molecule has 0 radical (unpaired) electrons. The number of aliphatic hydroxyl groups is 1. The lowest BCUT2D eigenvalue weighted by Gasteiger charge is -2.49. The summed E-state index contributed by atoms with van der Waals surface area (Å²) in [5, 5.41) is 20.2. The number of rotatable bonds is 5. The monoisotopic (exact) mass is 341 g/mol. The first kappa shape index (κ1) is 16.2. The van der Waals surface area contributed by atoms with Crippen molar-refractivity contribution in [2.75, 3.05) is 18.4 Å². The summed E-state index contributed by atoms with van der Waals surface area (Å²) in [6.45, 7) is 2.51. The molecule has 2 unspecified atom stereocenters. The predicted octanol–water partition coefficient (Wildman–Crippen LogP) is 1.12. The van der Waals surface area contributed by atoms with Crippen LogP contribution in [0.1, 0.15) is 18.5 Å². The number of fused-ring (bicyclic) bond motifs is 3. The predicted molar refractivity (Wildman–Crippen MR) is 92.6 cm³/mol. The van der Waals surface area contributed by atoms with Crippen LogP contribution < -0.4 is 5.32 Å². The lowest BCUT2D eigenvalue weighted by molar-refractivity contribution is -0.127. The van der Waals surface area contributed by atoms with Crippen molar-refractivity contribution < 1.29 is 9.90 Å². The second kappa shape index (κ2) is 6.93. The second-order valence-electron chi connectivity index (χ2n) is 6.99. The first-order valence-electron chi connectivity index (χ1n) is 8.83. The molecule has 25 heavy (non-hydrogen) atoms. The minimum absolute atomic E-state index is 0.0500. The van der Waals surface area contributed by atoms with Gasteiger partial charge in [-0.2, -0.15) is 0 Å². The number of piperidine rings is 3. The summed E-state index contributed by atoms with van der Waals surface area (Å²) in [5.41, 5.74) is 1.45. The standard InChI is InChI=1S/C18H23N5O2/c24-12-15-9-23(21-20-15)10-16-8-13-6-7-22(16)11-17(13)18(25)19-14-4-2-1-3-5-14/h1-5,9,13,16-17,24H,6-8,10-12H2,(H,19,25)/t13?,16-,17+/m1/s1. The highest BCUT2D eigenvalue weighted by molar-refractivity contribution is 5.93. The number of aliphatic hydroxyl groups excluding tert-OH is 1. The van der Waals surface area contributed by atoms with Gasteiger partial charge in [0.15, 0.2) is 0 Å². The van der Waals surface area contributed by atoms with Gasteiger partial charge in [-0.25, -0.2) is 0 Å². The highest BCUT2D eigenvalue weighted by atomic mass is 16.3. The number of hydrogen-bond donors (Lipinski definition) is 2. The van der Waals surface area contributed by atoms with Crippen molar-refractivity contribution in [1.82, 2.24) is 19.9 Å². The van der Waals surface area contributed by atoms with Crippen LogP contribution in [0.4, 0.5) is 5.69 Å². The van der Waals surface area contributed by atoms with Crippen molar-refractivity contribution in [2.45, 2.75) is 32.0 Å². The lowest BCUT2D eigenvalue weighted by atomic mass is 9.75. The summed E-state index contributed by atoms with van der Waals surface area (Å²) in [5.74, 6) is 0.594. The van der Waals surface area contributed by atoms with E-state index in [2.05, 4.69) is 20.5 Å². The fourth-order valence-electron chi connectivity index (χ4n) is 4.10. The summed E-state index contributed by atoms with van der Waals surface area (Å²) >= 11 is 0. The summed E-state index contributed by atoms with van der Waals surface area (Å²) in [6.07, 6.45) is 3.87. The molecule has 3 fully saturated rings. The van der Waals surface area contributed by atoms with Crippen LogP contribution >= 0.6 is 0 Å². The Hall–Kier alpha value is -2.25. The number of hydrogen-bond acceptors (Lipinski definition) is 5. The van der Waals surface area contributed by atoms with E-state index in [4.69, 9.17) is 5.11 Å². The van der Waals surface area contributed by atoms with Gasteiger partial charge in [0.25, 0.3) is 0 Å². The third kappa shape index (κ3) is 3.43. The molecule has 2 aromatic rings. The molecular formula is C18H23N5O2. The average molecular weight is 341 g/mol. The molecule has 5 rings (SSSR count). The third-order valence-electron chi connectivity index (χ3n) is 5.40. The largest absolute Gasteiger partial charge is 0.390 e. The molecule has 7 heteroatoms. The molecule has 2 bridgehead atoms. The molecule has 0 aliphatic carbocycles. The Bertz CT molecular complexity index is 732. The molecule has 3 aliphatic rings. The summed E-state index contributed by atoms with van der Waals surface area (Å²) < 4.78 is 1.80. The van der Waals surface area contributed by atoms with Crippen molar-refractivity contribution in [3.05, 3.63) is 42.2 Å². The van der Waals surface area contributed by atoms with E-state index < -0.39 is 0 Å². The van der Waals surface area contributed by atoms with E-state index >= 15 is 0 Å². The summed E-state index contributed by atoms with van der Waals surface area (Å²) in [4.78, 5) is 15.1. The van der Waals surface area contributed by atoms with E-state index in [1.807, 2.05) is 30.3 Å². The maximum Gasteiger partial charge on any atom is 0.229 e. The molecule has 7 nitrogen and oxygen atoms in total. The van der Waals surface area contributed by atoms with E-state index in [0.29, 0.717) is 17.7 Å². The molecule has 132 valence electrons. The van der Waals surface area contributed by atoms with Gasteiger partial charge >= 0.3 is 0 Å². The average Bonchev–Trinajstić information content (AvgIpc) is 3.10. The Balaban J connectivity index is 1.38. The SMILES string of the molecule is O=C(Nc1ccccc1)[C@H]1CN2CCC1C[C@@H]2Cn1cc(CO)nn1. The van der Waals surface area contributed by atoms with E-state index in [9.17, 15) is 4.79 Å². The van der Waals surface area contributed by atoms with Crippen LogP contribution in [0.3, 0.4) is 0 Å². The third-order valence-corrected chi connectivity index (χ3v) is 5.40. The van der Waals surface area contributed by atoms with Crippen molar-refractivity contribution in [2.24, 2.45) is 11.8 Å². The molecular weight excluding hydrogens is 318 g/mol. The molecule has 4 atom stereocenters. The Kier molecular flexibility index (Phi) is 4.50. The number of para-hydroxylation sites is 1. The molecule has 1 aromatic heterocycles. The van der Waals surface area contributed by atoms with Crippen LogP contribution in [-0.4, -0.2) is 50.0 Å². The van der Waals surface area contributed by atoms with Gasteiger partial charge in [-0.1, -0.05) is 23.4 Å². The minimum Gasteiger partial charge on any atom is -0.390 e. The van der Waals surface area contributed by atoms with E-state index in [0.717, 1.165) is 38.2 Å². The number of aromatic nitrogens is 3. The topological polar surface area (TPSA) is 83.3 Å². The molecule has 3 aliphatic heterocycles. The second-order valence-corrected chi connectivity index (χ2v) is 6.99. The zero-order valence-corrected chi connectivity index (χ0v) is 14.1. The molecule has 2 N–H and O–H groups in total. The van der Waals surface area contributed by atoms with Gasteiger partial charge in [0.2, 0.25) is 5.91 Å². The first-order chi connectivity index (χ1) is 12.2. The van der Waals surface area contributed by atoms with Gasteiger partial charge in [0.1, 0.15) is 5.69 Å². The number of carbonyl (C=O) groups excluding carboxylic acids is 1. The smallest absolute Gasteiger partial charge is 0.229 e. The van der Waals surface area contributed by atoms with Crippen LogP contribution in [0.2, 0.25) is 0 Å².